The summed E-state index contributed by atoms with van der Waals surface area (Å²) in [7, 11) is 1.33. The van der Waals surface area contributed by atoms with Crippen molar-refractivity contribution < 1.29 is 28.6 Å². The summed E-state index contributed by atoms with van der Waals surface area (Å²) in [6.45, 7) is 2.27. The maximum atomic E-state index is 14.7. The van der Waals surface area contributed by atoms with Crippen LogP contribution in [0.1, 0.15) is 60.0 Å². The van der Waals surface area contributed by atoms with Crippen LogP contribution in [-0.4, -0.2) is 36.2 Å². The fourth-order valence-electron chi connectivity index (χ4n) is 4.17. The molecule has 172 valence electrons. The molecular formula is C25H30FNO5. The highest BCUT2D eigenvalue weighted by molar-refractivity contribution is 5.98. The highest BCUT2D eigenvalue weighted by Gasteiger charge is 2.40. The second-order valence-corrected chi connectivity index (χ2v) is 8.33. The smallest absolute Gasteiger partial charge is 0.329 e. The number of halogens is 1. The zero-order valence-corrected chi connectivity index (χ0v) is 18.6. The van der Waals surface area contributed by atoms with Gasteiger partial charge in [-0.15, -0.1) is 0 Å². The van der Waals surface area contributed by atoms with Crippen LogP contribution in [-0.2, 0) is 11.2 Å². The van der Waals surface area contributed by atoms with Gasteiger partial charge in [-0.2, -0.15) is 0 Å². The summed E-state index contributed by atoms with van der Waals surface area (Å²) in [5.74, 6) is -2.42. The summed E-state index contributed by atoms with van der Waals surface area (Å²) in [4.78, 5) is 24.9. The van der Waals surface area contributed by atoms with E-state index in [1.807, 2.05) is 31.2 Å². The SMILES string of the molecule is COc1c(F)cc(C(=O)NC2(C(=O)O)CCCCCC2)cc1OCCc1cccc(C)c1. The minimum atomic E-state index is -1.34. The lowest BCUT2D eigenvalue weighted by Gasteiger charge is -2.29. The van der Waals surface area contributed by atoms with Crippen molar-refractivity contribution in [3.63, 3.8) is 0 Å². The normalized spacial score (nSPS) is 15.5. The van der Waals surface area contributed by atoms with Crippen molar-refractivity contribution in [1.29, 1.82) is 0 Å². The predicted octanol–water partition coefficient (Wildman–Crippen LogP) is 4.67. The molecule has 2 N–H and O–H groups in total. The molecule has 1 aliphatic rings. The van der Waals surface area contributed by atoms with Gasteiger partial charge in [-0.3, -0.25) is 4.79 Å². The number of aliphatic carboxylic acids is 1. The first kappa shape index (κ1) is 23.6. The molecule has 32 heavy (non-hydrogen) atoms. The van der Waals surface area contributed by atoms with E-state index in [1.54, 1.807) is 0 Å². The van der Waals surface area contributed by atoms with Crippen molar-refractivity contribution in [2.45, 2.75) is 57.4 Å². The largest absolute Gasteiger partial charge is 0.490 e. The number of aryl methyl sites for hydroxylation is 1. The Morgan fingerprint density at radius 3 is 2.47 bits per heavy atom. The van der Waals surface area contributed by atoms with Crippen LogP contribution in [0.4, 0.5) is 4.39 Å². The fourth-order valence-corrected chi connectivity index (χ4v) is 4.17. The topological polar surface area (TPSA) is 84.9 Å². The van der Waals surface area contributed by atoms with E-state index >= 15 is 0 Å². The van der Waals surface area contributed by atoms with Crippen LogP contribution in [0.15, 0.2) is 36.4 Å². The van der Waals surface area contributed by atoms with Crippen molar-refractivity contribution in [2.75, 3.05) is 13.7 Å². The van der Waals surface area contributed by atoms with E-state index in [1.165, 1.54) is 13.2 Å². The second kappa shape index (κ2) is 10.5. The Labute approximate surface area is 187 Å². The van der Waals surface area contributed by atoms with Crippen LogP contribution in [0.5, 0.6) is 11.5 Å². The summed E-state index contributed by atoms with van der Waals surface area (Å²) in [6, 6.07) is 10.4. The third-order valence-corrected chi connectivity index (χ3v) is 5.93. The lowest BCUT2D eigenvalue weighted by Crippen LogP contribution is -2.54. The van der Waals surface area contributed by atoms with Gasteiger partial charge in [0, 0.05) is 12.0 Å². The molecule has 1 amide bonds. The maximum Gasteiger partial charge on any atom is 0.329 e. The van der Waals surface area contributed by atoms with Gasteiger partial charge in [-0.25, -0.2) is 9.18 Å². The molecule has 0 aliphatic heterocycles. The van der Waals surface area contributed by atoms with Gasteiger partial charge in [-0.1, -0.05) is 55.5 Å². The first-order valence-corrected chi connectivity index (χ1v) is 11.0. The summed E-state index contributed by atoms with van der Waals surface area (Å²) in [6.07, 6.45) is 4.61. The molecule has 0 unspecified atom stereocenters. The quantitative estimate of drug-likeness (QED) is 0.579. The van der Waals surface area contributed by atoms with Gasteiger partial charge in [0.15, 0.2) is 17.3 Å². The standard InChI is InChI=1S/C25H30FNO5/c1-17-8-7-9-18(14-17)10-13-32-21-16-19(15-20(26)22(21)31-2)23(28)27-25(24(29)30)11-5-3-4-6-12-25/h7-9,14-16H,3-6,10-13H2,1-2H3,(H,27,28)(H,29,30). The van der Waals surface area contributed by atoms with Crippen molar-refractivity contribution in [3.05, 3.63) is 58.9 Å². The van der Waals surface area contributed by atoms with Gasteiger partial charge in [0.05, 0.1) is 13.7 Å². The zero-order chi connectivity index (χ0) is 23.1. The third-order valence-electron chi connectivity index (χ3n) is 5.93. The number of methoxy groups -OCH3 is 1. The summed E-state index contributed by atoms with van der Waals surface area (Å²) < 4.78 is 25.6. The van der Waals surface area contributed by atoms with E-state index in [0.29, 0.717) is 19.3 Å². The number of ether oxygens (including phenoxy) is 2. The molecule has 6 nitrogen and oxygen atoms in total. The molecule has 0 aromatic heterocycles. The Balaban J connectivity index is 1.78. The average molecular weight is 444 g/mol. The summed E-state index contributed by atoms with van der Waals surface area (Å²) in [5, 5.41) is 12.5. The number of carboxylic acids is 1. The van der Waals surface area contributed by atoms with Crippen molar-refractivity contribution in [1.82, 2.24) is 5.32 Å². The average Bonchev–Trinajstić information content (AvgIpc) is 3.00. The molecule has 0 bridgehead atoms. The van der Waals surface area contributed by atoms with Gasteiger partial charge in [0.2, 0.25) is 0 Å². The van der Waals surface area contributed by atoms with Crippen LogP contribution in [0.25, 0.3) is 0 Å². The summed E-state index contributed by atoms with van der Waals surface area (Å²) in [5.41, 5.74) is 0.875. The molecule has 0 atom stereocenters. The lowest BCUT2D eigenvalue weighted by atomic mass is 9.89. The van der Waals surface area contributed by atoms with E-state index in [0.717, 1.165) is 42.9 Å². The van der Waals surface area contributed by atoms with E-state index in [2.05, 4.69) is 5.32 Å². The number of carboxylic acid groups (broad SMARTS) is 1. The van der Waals surface area contributed by atoms with Crippen LogP contribution in [0.3, 0.4) is 0 Å². The Morgan fingerprint density at radius 1 is 1.12 bits per heavy atom. The molecule has 2 aromatic rings. The number of rotatable bonds is 8. The predicted molar refractivity (Wildman–Crippen MR) is 119 cm³/mol. The lowest BCUT2D eigenvalue weighted by molar-refractivity contribution is -0.145. The fraction of sp³-hybridized carbons (Fsp3) is 0.440. The first-order chi connectivity index (χ1) is 15.3. The third kappa shape index (κ3) is 5.58. The van der Waals surface area contributed by atoms with Crippen LogP contribution < -0.4 is 14.8 Å². The Hall–Kier alpha value is -3.09. The second-order valence-electron chi connectivity index (χ2n) is 8.33. The molecule has 1 fully saturated rings. The number of carbonyl (C=O) groups excluding carboxylic acids is 1. The Kier molecular flexibility index (Phi) is 7.72. The monoisotopic (exact) mass is 443 g/mol. The molecule has 1 saturated carbocycles. The molecule has 0 radical (unpaired) electrons. The number of amides is 1. The minimum absolute atomic E-state index is 0.00118. The summed E-state index contributed by atoms with van der Waals surface area (Å²) >= 11 is 0. The van der Waals surface area contributed by atoms with Gasteiger partial charge < -0.3 is 19.9 Å². The molecule has 0 saturated heterocycles. The Bertz CT molecular complexity index is 967. The number of hydrogen-bond acceptors (Lipinski definition) is 4. The number of carbonyl (C=O) groups is 2. The number of benzene rings is 2. The maximum absolute atomic E-state index is 14.7. The highest BCUT2D eigenvalue weighted by Crippen LogP contribution is 2.33. The molecule has 3 rings (SSSR count). The molecule has 2 aromatic carbocycles. The van der Waals surface area contributed by atoms with E-state index < -0.39 is 23.2 Å². The van der Waals surface area contributed by atoms with E-state index in [9.17, 15) is 19.1 Å². The van der Waals surface area contributed by atoms with Crippen LogP contribution in [0, 0.1) is 12.7 Å². The zero-order valence-electron chi connectivity index (χ0n) is 18.6. The van der Waals surface area contributed by atoms with E-state index in [-0.39, 0.29) is 23.7 Å². The molecule has 0 spiro atoms. The minimum Gasteiger partial charge on any atom is -0.490 e. The van der Waals surface area contributed by atoms with Crippen LogP contribution in [0.2, 0.25) is 0 Å². The van der Waals surface area contributed by atoms with Gasteiger partial charge in [0.25, 0.3) is 5.91 Å². The van der Waals surface area contributed by atoms with Crippen molar-refractivity contribution in [3.8, 4) is 11.5 Å². The van der Waals surface area contributed by atoms with Crippen molar-refractivity contribution >= 4 is 11.9 Å². The number of nitrogens with one attached hydrogen (secondary N) is 1. The molecule has 1 aliphatic carbocycles. The van der Waals surface area contributed by atoms with Gasteiger partial charge in [0.1, 0.15) is 5.54 Å². The molecule has 7 heteroatoms. The first-order valence-electron chi connectivity index (χ1n) is 11.0. The molecular weight excluding hydrogens is 413 g/mol. The number of hydrogen-bond donors (Lipinski definition) is 2. The van der Waals surface area contributed by atoms with Crippen molar-refractivity contribution in [2.24, 2.45) is 0 Å². The van der Waals surface area contributed by atoms with Crippen LogP contribution >= 0.6 is 0 Å². The highest BCUT2D eigenvalue weighted by atomic mass is 19.1. The molecule has 0 heterocycles. The van der Waals surface area contributed by atoms with Gasteiger partial charge >= 0.3 is 5.97 Å². The Morgan fingerprint density at radius 2 is 1.84 bits per heavy atom. The van der Waals surface area contributed by atoms with Gasteiger partial charge in [-0.05, 0) is 37.5 Å². The van der Waals surface area contributed by atoms with E-state index in [4.69, 9.17) is 9.47 Å².